The number of amides is 1. The predicted molar refractivity (Wildman–Crippen MR) is 68.6 cm³/mol. The van der Waals surface area contributed by atoms with Crippen LogP contribution in [0.25, 0.3) is 0 Å². The monoisotopic (exact) mass is 268 g/mol. The Morgan fingerprint density at radius 3 is 2.58 bits per heavy atom. The van der Waals surface area contributed by atoms with Crippen molar-refractivity contribution in [1.29, 1.82) is 0 Å². The van der Waals surface area contributed by atoms with Crippen LogP contribution in [0.4, 0.5) is 8.78 Å². The lowest BCUT2D eigenvalue weighted by Crippen LogP contribution is -2.40. The third-order valence-corrected chi connectivity index (χ3v) is 3.90. The van der Waals surface area contributed by atoms with Gasteiger partial charge in [0.25, 0.3) is 5.91 Å². The van der Waals surface area contributed by atoms with Gasteiger partial charge in [-0.2, -0.15) is 0 Å². The number of hydrogen-bond donors (Lipinski definition) is 2. The van der Waals surface area contributed by atoms with Gasteiger partial charge in [0.05, 0.1) is 5.56 Å². The van der Waals surface area contributed by atoms with Gasteiger partial charge < -0.3 is 11.1 Å². The molecule has 1 aliphatic rings. The topological polar surface area (TPSA) is 55.1 Å². The van der Waals surface area contributed by atoms with E-state index in [2.05, 4.69) is 5.32 Å². The van der Waals surface area contributed by atoms with Crippen molar-refractivity contribution in [2.45, 2.75) is 25.7 Å². The van der Waals surface area contributed by atoms with Crippen molar-refractivity contribution in [1.82, 2.24) is 5.32 Å². The van der Waals surface area contributed by atoms with Crippen LogP contribution in [0.5, 0.6) is 0 Å². The van der Waals surface area contributed by atoms with E-state index in [1.54, 1.807) is 0 Å². The van der Waals surface area contributed by atoms with Crippen LogP contribution in [0.15, 0.2) is 18.2 Å². The fraction of sp³-hybridized carbons (Fsp3) is 0.500. The number of hydrogen-bond acceptors (Lipinski definition) is 2. The third kappa shape index (κ3) is 3.10. The van der Waals surface area contributed by atoms with Crippen molar-refractivity contribution in [3.05, 3.63) is 35.4 Å². The van der Waals surface area contributed by atoms with Gasteiger partial charge in [0.1, 0.15) is 11.6 Å². The molecule has 0 radical (unpaired) electrons. The average molecular weight is 268 g/mol. The number of benzene rings is 1. The first-order valence-electron chi connectivity index (χ1n) is 6.50. The number of rotatable bonds is 4. The molecule has 104 valence electrons. The lowest BCUT2D eigenvalue weighted by Gasteiger charge is -2.27. The molecule has 1 aromatic carbocycles. The Bertz CT molecular complexity index is 471. The molecule has 0 spiro atoms. The van der Waals surface area contributed by atoms with E-state index in [4.69, 9.17) is 5.73 Å². The fourth-order valence-corrected chi connectivity index (χ4v) is 2.61. The Morgan fingerprint density at radius 1 is 1.32 bits per heavy atom. The van der Waals surface area contributed by atoms with Crippen molar-refractivity contribution < 1.29 is 13.6 Å². The molecule has 0 bridgehead atoms. The fourth-order valence-electron chi connectivity index (χ4n) is 2.61. The molecule has 1 aromatic rings. The van der Waals surface area contributed by atoms with Crippen LogP contribution in [0.1, 0.15) is 36.0 Å². The maximum atomic E-state index is 13.5. The highest BCUT2D eigenvalue weighted by Gasteiger charge is 2.32. The van der Waals surface area contributed by atoms with E-state index in [-0.39, 0.29) is 11.0 Å². The maximum absolute atomic E-state index is 13.5. The van der Waals surface area contributed by atoms with Crippen molar-refractivity contribution in [2.24, 2.45) is 11.1 Å². The molecular formula is C14H18F2N2O. The van der Waals surface area contributed by atoms with Crippen molar-refractivity contribution >= 4 is 5.91 Å². The SMILES string of the molecule is NCC1(CNC(=O)c2ccc(F)cc2F)CCCC1. The summed E-state index contributed by atoms with van der Waals surface area (Å²) in [6.07, 6.45) is 4.18. The quantitative estimate of drug-likeness (QED) is 0.879. The molecule has 0 aliphatic heterocycles. The van der Waals surface area contributed by atoms with Gasteiger partial charge in [-0.15, -0.1) is 0 Å². The van der Waals surface area contributed by atoms with Crippen LogP contribution in [-0.2, 0) is 0 Å². The van der Waals surface area contributed by atoms with Crippen LogP contribution in [-0.4, -0.2) is 19.0 Å². The molecule has 1 amide bonds. The van der Waals surface area contributed by atoms with E-state index in [1.807, 2.05) is 0 Å². The summed E-state index contributed by atoms with van der Waals surface area (Å²) in [5, 5.41) is 2.71. The zero-order chi connectivity index (χ0) is 13.9. The summed E-state index contributed by atoms with van der Waals surface area (Å²) in [5.74, 6) is -2.05. The first-order chi connectivity index (χ1) is 9.06. The minimum Gasteiger partial charge on any atom is -0.351 e. The molecule has 1 saturated carbocycles. The van der Waals surface area contributed by atoms with Gasteiger partial charge in [-0.3, -0.25) is 4.79 Å². The lowest BCUT2D eigenvalue weighted by atomic mass is 9.86. The Kier molecular flexibility index (Phi) is 4.14. The van der Waals surface area contributed by atoms with Crippen molar-refractivity contribution in [2.75, 3.05) is 13.1 Å². The first-order valence-corrected chi connectivity index (χ1v) is 6.50. The second-order valence-electron chi connectivity index (χ2n) is 5.22. The second-order valence-corrected chi connectivity index (χ2v) is 5.22. The number of nitrogens with one attached hydrogen (secondary N) is 1. The molecule has 19 heavy (non-hydrogen) atoms. The van der Waals surface area contributed by atoms with Gasteiger partial charge in [-0.1, -0.05) is 12.8 Å². The van der Waals surface area contributed by atoms with Crippen LogP contribution in [0.2, 0.25) is 0 Å². The normalized spacial score (nSPS) is 17.4. The van der Waals surface area contributed by atoms with E-state index in [0.29, 0.717) is 19.2 Å². The van der Waals surface area contributed by atoms with E-state index >= 15 is 0 Å². The van der Waals surface area contributed by atoms with E-state index < -0.39 is 17.5 Å². The Balaban J connectivity index is 2.01. The van der Waals surface area contributed by atoms with Gasteiger partial charge in [0.2, 0.25) is 0 Å². The molecule has 2 rings (SSSR count). The largest absolute Gasteiger partial charge is 0.351 e. The predicted octanol–water partition coefficient (Wildman–Crippen LogP) is 2.21. The summed E-state index contributed by atoms with van der Waals surface area (Å²) < 4.78 is 26.2. The Labute approximate surface area is 111 Å². The molecule has 3 nitrogen and oxygen atoms in total. The van der Waals surface area contributed by atoms with E-state index in [0.717, 1.165) is 37.8 Å². The van der Waals surface area contributed by atoms with Crippen LogP contribution >= 0.6 is 0 Å². The summed E-state index contributed by atoms with van der Waals surface area (Å²) in [7, 11) is 0. The zero-order valence-corrected chi connectivity index (χ0v) is 10.7. The highest BCUT2D eigenvalue weighted by Crippen LogP contribution is 2.36. The molecule has 1 aliphatic carbocycles. The number of halogens is 2. The molecule has 0 heterocycles. The Hall–Kier alpha value is -1.49. The molecule has 3 N–H and O–H groups in total. The van der Waals surface area contributed by atoms with Gasteiger partial charge in [0, 0.05) is 12.6 Å². The number of carbonyl (C=O) groups excluding carboxylic acids is 1. The van der Waals surface area contributed by atoms with Gasteiger partial charge >= 0.3 is 0 Å². The standard InChI is InChI=1S/C14H18F2N2O/c15-10-3-4-11(12(16)7-10)13(19)18-9-14(8-17)5-1-2-6-14/h3-4,7H,1-2,5-6,8-9,17H2,(H,18,19). The molecule has 0 atom stereocenters. The Morgan fingerprint density at radius 2 is 2.00 bits per heavy atom. The number of carbonyl (C=O) groups is 1. The minimum absolute atomic E-state index is 0.0633. The van der Waals surface area contributed by atoms with Gasteiger partial charge in [-0.25, -0.2) is 8.78 Å². The minimum atomic E-state index is -0.842. The first kappa shape index (κ1) is 13.9. The molecular weight excluding hydrogens is 250 g/mol. The molecule has 0 unspecified atom stereocenters. The van der Waals surface area contributed by atoms with Crippen LogP contribution in [0.3, 0.4) is 0 Å². The summed E-state index contributed by atoms with van der Waals surface area (Å²) in [6, 6.07) is 2.94. The maximum Gasteiger partial charge on any atom is 0.254 e. The zero-order valence-electron chi connectivity index (χ0n) is 10.7. The molecule has 1 fully saturated rings. The second kappa shape index (κ2) is 5.65. The third-order valence-electron chi connectivity index (χ3n) is 3.90. The summed E-state index contributed by atoms with van der Waals surface area (Å²) >= 11 is 0. The van der Waals surface area contributed by atoms with Gasteiger partial charge in [-0.05, 0) is 36.9 Å². The molecule has 0 saturated heterocycles. The molecule has 0 aromatic heterocycles. The van der Waals surface area contributed by atoms with E-state index in [9.17, 15) is 13.6 Å². The average Bonchev–Trinajstić information content (AvgIpc) is 2.85. The number of nitrogens with two attached hydrogens (primary N) is 1. The summed E-state index contributed by atoms with van der Waals surface area (Å²) in [6.45, 7) is 0.957. The molecule has 5 heteroatoms. The van der Waals surface area contributed by atoms with Crippen molar-refractivity contribution in [3.8, 4) is 0 Å². The van der Waals surface area contributed by atoms with E-state index in [1.165, 1.54) is 0 Å². The summed E-state index contributed by atoms with van der Waals surface area (Å²) in [4.78, 5) is 11.9. The smallest absolute Gasteiger partial charge is 0.254 e. The van der Waals surface area contributed by atoms with Crippen molar-refractivity contribution in [3.63, 3.8) is 0 Å². The highest BCUT2D eigenvalue weighted by molar-refractivity contribution is 5.94. The summed E-state index contributed by atoms with van der Waals surface area (Å²) in [5.41, 5.74) is 5.57. The lowest BCUT2D eigenvalue weighted by molar-refractivity contribution is 0.0928. The van der Waals surface area contributed by atoms with Crippen LogP contribution in [0, 0.1) is 17.0 Å². The van der Waals surface area contributed by atoms with Crippen LogP contribution < -0.4 is 11.1 Å². The van der Waals surface area contributed by atoms with Gasteiger partial charge in [0.15, 0.2) is 0 Å². The highest BCUT2D eigenvalue weighted by atomic mass is 19.1.